The van der Waals surface area contributed by atoms with E-state index < -0.39 is 23.9 Å². The molecule has 1 aromatic carbocycles. The average Bonchev–Trinajstić information content (AvgIpc) is 3.22. The lowest BCUT2D eigenvalue weighted by Crippen LogP contribution is -2.30. The van der Waals surface area contributed by atoms with E-state index in [2.05, 4.69) is 10.3 Å². The van der Waals surface area contributed by atoms with Crippen molar-refractivity contribution in [3.8, 4) is 0 Å². The molecule has 0 spiro atoms. The van der Waals surface area contributed by atoms with Crippen molar-refractivity contribution in [1.82, 2.24) is 4.98 Å². The van der Waals surface area contributed by atoms with Gasteiger partial charge in [-0.3, -0.25) is 9.59 Å². The summed E-state index contributed by atoms with van der Waals surface area (Å²) < 4.78 is 6.05. The van der Waals surface area contributed by atoms with Crippen LogP contribution in [0.3, 0.4) is 0 Å². The summed E-state index contributed by atoms with van der Waals surface area (Å²) in [5.74, 6) is -1.80. The zero-order chi connectivity index (χ0) is 18.0. The van der Waals surface area contributed by atoms with Gasteiger partial charge in [-0.15, -0.1) is 22.7 Å². The standard InChI is InChI=1S/C16H13N3O4S2/c1-8(14(21)19-15-10(13(17)20)4-5-24-15)23-16(22)9-2-3-11-12(6-9)25-7-18-11/h2-8H,1H3,(H2,17,20)(H,19,21). The van der Waals surface area contributed by atoms with Gasteiger partial charge in [0.1, 0.15) is 5.00 Å². The second-order valence-electron chi connectivity index (χ2n) is 5.10. The van der Waals surface area contributed by atoms with Crippen LogP contribution in [-0.2, 0) is 9.53 Å². The van der Waals surface area contributed by atoms with E-state index in [1.165, 1.54) is 24.3 Å². The maximum absolute atomic E-state index is 12.2. The Balaban J connectivity index is 1.67. The fourth-order valence-electron chi connectivity index (χ4n) is 2.08. The predicted molar refractivity (Wildman–Crippen MR) is 96.0 cm³/mol. The molecule has 0 radical (unpaired) electrons. The number of aromatic nitrogens is 1. The monoisotopic (exact) mass is 375 g/mol. The number of ether oxygens (including phenoxy) is 1. The molecule has 0 fully saturated rings. The first-order valence-corrected chi connectivity index (χ1v) is 8.94. The number of esters is 1. The topological polar surface area (TPSA) is 111 Å². The quantitative estimate of drug-likeness (QED) is 0.666. The lowest BCUT2D eigenvalue weighted by atomic mass is 10.2. The van der Waals surface area contributed by atoms with Gasteiger partial charge < -0.3 is 15.8 Å². The van der Waals surface area contributed by atoms with Crippen molar-refractivity contribution >= 4 is 55.7 Å². The van der Waals surface area contributed by atoms with Crippen LogP contribution in [0.2, 0.25) is 0 Å². The van der Waals surface area contributed by atoms with Crippen molar-refractivity contribution in [2.45, 2.75) is 13.0 Å². The van der Waals surface area contributed by atoms with Gasteiger partial charge >= 0.3 is 5.97 Å². The van der Waals surface area contributed by atoms with Crippen LogP contribution in [0.25, 0.3) is 10.2 Å². The zero-order valence-electron chi connectivity index (χ0n) is 13.0. The predicted octanol–water partition coefficient (Wildman–Crippen LogP) is 2.64. The van der Waals surface area contributed by atoms with E-state index in [1.54, 1.807) is 29.1 Å². The average molecular weight is 375 g/mol. The van der Waals surface area contributed by atoms with Gasteiger partial charge in [0, 0.05) is 0 Å². The molecule has 2 heterocycles. The fraction of sp³-hybridized carbons (Fsp3) is 0.125. The number of benzene rings is 1. The Kier molecular flexibility index (Phi) is 4.77. The van der Waals surface area contributed by atoms with Gasteiger partial charge in [-0.05, 0) is 36.6 Å². The molecule has 3 aromatic rings. The van der Waals surface area contributed by atoms with Crippen molar-refractivity contribution in [2.75, 3.05) is 5.32 Å². The number of carbonyl (C=O) groups excluding carboxylic acids is 3. The van der Waals surface area contributed by atoms with Crippen molar-refractivity contribution in [3.63, 3.8) is 0 Å². The molecule has 3 rings (SSSR count). The second-order valence-corrected chi connectivity index (χ2v) is 6.90. The van der Waals surface area contributed by atoms with Gasteiger partial charge in [0.15, 0.2) is 6.10 Å². The molecule has 25 heavy (non-hydrogen) atoms. The summed E-state index contributed by atoms with van der Waals surface area (Å²) in [7, 11) is 0. The van der Waals surface area contributed by atoms with Crippen molar-refractivity contribution < 1.29 is 19.1 Å². The van der Waals surface area contributed by atoms with Crippen LogP contribution in [0.5, 0.6) is 0 Å². The van der Waals surface area contributed by atoms with E-state index in [9.17, 15) is 14.4 Å². The third-order valence-corrected chi connectivity index (χ3v) is 5.01. The van der Waals surface area contributed by atoms with E-state index >= 15 is 0 Å². The highest BCUT2D eigenvalue weighted by molar-refractivity contribution is 7.16. The highest BCUT2D eigenvalue weighted by Crippen LogP contribution is 2.23. The summed E-state index contributed by atoms with van der Waals surface area (Å²) in [6.45, 7) is 1.45. The first kappa shape index (κ1) is 17.1. The normalized spacial score (nSPS) is 11.9. The van der Waals surface area contributed by atoms with Crippen molar-refractivity contribution in [3.05, 3.63) is 46.3 Å². The minimum absolute atomic E-state index is 0.215. The summed E-state index contributed by atoms with van der Waals surface area (Å²) in [6, 6.07) is 6.51. The number of nitrogens with zero attached hydrogens (tertiary/aromatic N) is 1. The first-order chi connectivity index (χ1) is 12.0. The molecule has 1 unspecified atom stereocenters. The number of nitrogens with one attached hydrogen (secondary N) is 1. The number of amides is 2. The summed E-state index contributed by atoms with van der Waals surface area (Å²) in [5, 5.41) is 4.51. The van der Waals surface area contributed by atoms with E-state index in [0.29, 0.717) is 10.6 Å². The molecule has 9 heteroatoms. The van der Waals surface area contributed by atoms with E-state index in [1.807, 2.05) is 0 Å². The Labute approximate surface area is 150 Å². The van der Waals surface area contributed by atoms with Crippen LogP contribution in [0.1, 0.15) is 27.6 Å². The van der Waals surface area contributed by atoms with Crippen molar-refractivity contribution in [1.29, 1.82) is 0 Å². The number of thiazole rings is 1. The molecule has 128 valence electrons. The molecule has 0 saturated heterocycles. The molecular formula is C16H13N3O4S2. The van der Waals surface area contributed by atoms with E-state index in [4.69, 9.17) is 10.5 Å². The summed E-state index contributed by atoms with van der Waals surface area (Å²) in [6.07, 6.45) is -1.03. The molecule has 7 nitrogen and oxygen atoms in total. The zero-order valence-corrected chi connectivity index (χ0v) is 14.6. The molecule has 0 aliphatic carbocycles. The molecule has 0 aliphatic heterocycles. The maximum atomic E-state index is 12.2. The summed E-state index contributed by atoms with van der Waals surface area (Å²) >= 11 is 2.57. The minimum atomic E-state index is -1.03. The van der Waals surface area contributed by atoms with Crippen LogP contribution >= 0.6 is 22.7 Å². The molecule has 2 aromatic heterocycles. The number of hydrogen-bond donors (Lipinski definition) is 2. The van der Waals surface area contributed by atoms with Gasteiger partial charge in [0.05, 0.1) is 26.9 Å². The highest BCUT2D eigenvalue weighted by atomic mass is 32.1. The maximum Gasteiger partial charge on any atom is 0.338 e. The Hall–Kier alpha value is -2.78. The highest BCUT2D eigenvalue weighted by Gasteiger charge is 2.21. The number of thiophene rings is 1. The number of primary amides is 1. The molecule has 0 bridgehead atoms. The number of anilines is 1. The van der Waals surface area contributed by atoms with Gasteiger partial charge in [-0.2, -0.15) is 0 Å². The second kappa shape index (κ2) is 6.99. The lowest BCUT2D eigenvalue weighted by Gasteiger charge is -2.13. The number of carbonyl (C=O) groups is 3. The fourth-order valence-corrected chi connectivity index (χ4v) is 3.59. The Morgan fingerprint density at radius 1 is 1.24 bits per heavy atom. The third kappa shape index (κ3) is 3.67. The molecule has 1 atom stereocenters. The third-order valence-electron chi connectivity index (χ3n) is 3.39. The SMILES string of the molecule is CC(OC(=O)c1ccc2ncsc2c1)C(=O)Nc1sccc1C(N)=O. The largest absolute Gasteiger partial charge is 0.449 e. The van der Waals surface area contributed by atoms with Crippen molar-refractivity contribution in [2.24, 2.45) is 5.73 Å². The van der Waals surface area contributed by atoms with E-state index in [0.717, 1.165) is 21.6 Å². The molecule has 0 aliphatic rings. The van der Waals surface area contributed by atoms with Gasteiger partial charge in [0.2, 0.25) is 0 Å². The van der Waals surface area contributed by atoms with Gasteiger partial charge in [0.25, 0.3) is 11.8 Å². The Morgan fingerprint density at radius 3 is 2.80 bits per heavy atom. The first-order valence-electron chi connectivity index (χ1n) is 7.18. The Bertz CT molecular complexity index is 963. The van der Waals surface area contributed by atoms with Crippen LogP contribution in [0.4, 0.5) is 5.00 Å². The van der Waals surface area contributed by atoms with Crippen LogP contribution in [0, 0.1) is 0 Å². The van der Waals surface area contributed by atoms with Crippen LogP contribution < -0.4 is 11.1 Å². The van der Waals surface area contributed by atoms with Crippen LogP contribution in [0.15, 0.2) is 35.2 Å². The Morgan fingerprint density at radius 2 is 2.04 bits per heavy atom. The van der Waals surface area contributed by atoms with Gasteiger partial charge in [-0.25, -0.2) is 9.78 Å². The van der Waals surface area contributed by atoms with Crippen LogP contribution in [-0.4, -0.2) is 28.9 Å². The lowest BCUT2D eigenvalue weighted by molar-refractivity contribution is -0.123. The number of nitrogens with two attached hydrogens (primary N) is 1. The number of hydrogen-bond acceptors (Lipinski definition) is 7. The molecule has 3 N–H and O–H groups in total. The van der Waals surface area contributed by atoms with Gasteiger partial charge in [-0.1, -0.05) is 0 Å². The summed E-state index contributed by atoms with van der Waals surface area (Å²) in [5.41, 5.74) is 8.27. The van der Waals surface area contributed by atoms with E-state index in [-0.39, 0.29) is 5.56 Å². The minimum Gasteiger partial charge on any atom is -0.449 e. The molecule has 2 amide bonds. The smallest absolute Gasteiger partial charge is 0.338 e. The number of fused-ring (bicyclic) bond motifs is 1. The molecular weight excluding hydrogens is 362 g/mol. The molecule has 0 saturated carbocycles. The summed E-state index contributed by atoms with van der Waals surface area (Å²) in [4.78, 5) is 39.8. The number of rotatable bonds is 5.